The first-order valence-electron chi connectivity index (χ1n) is 9.44. The van der Waals surface area contributed by atoms with E-state index in [0.29, 0.717) is 24.9 Å². The number of piperidine rings is 1. The summed E-state index contributed by atoms with van der Waals surface area (Å²) in [6, 6.07) is 8.39. The quantitative estimate of drug-likeness (QED) is 0.709. The van der Waals surface area contributed by atoms with E-state index in [-0.39, 0.29) is 30.4 Å². The van der Waals surface area contributed by atoms with E-state index >= 15 is 0 Å². The van der Waals surface area contributed by atoms with Gasteiger partial charge in [0.05, 0.1) is 30.0 Å². The van der Waals surface area contributed by atoms with Crippen LogP contribution in [0.3, 0.4) is 0 Å². The van der Waals surface area contributed by atoms with Gasteiger partial charge in [-0.25, -0.2) is 0 Å². The van der Waals surface area contributed by atoms with Crippen LogP contribution in [0.15, 0.2) is 36.5 Å². The molecule has 1 atom stereocenters. The number of likely N-dealkylation sites (tertiary alicyclic amines) is 1. The number of halogens is 3. The van der Waals surface area contributed by atoms with E-state index in [4.69, 9.17) is 4.74 Å². The molecule has 2 heterocycles. The minimum atomic E-state index is -4.48. The standard InChI is InChI=1S/C20H22F3N3O3/c1-2-29-19(28)15-9-6-10-25(12-15)18(27)16-11-24-26(13-20(21,22)23)17(16)14-7-4-3-5-8-14/h3-5,7-8,11,15H,2,6,9-10,12-13H2,1H3. The van der Waals surface area contributed by atoms with Crippen LogP contribution in [0.5, 0.6) is 0 Å². The number of benzene rings is 1. The van der Waals surface area contributed by atoms with Gasteiger partial charge in [0, 0.05) is 18.7 Å². The fraction of sp³-hybridized carbons (Fsp3) is 0.450. The van der Waals surface area contributed by atoms with Crippen LogP contribution in [0.25, 0.3) is 11.3 Å². The molecule has 0 aliphatic carbocycles. The summed E-state index contributed by atoms with van der Waals surface area (Å²) < 4.78 is 44.9. The van der Waals surface area contributed by atoms with Gasteiger partial charge < -0.3 is 9.64 Å². The highest BCUT2D eigenvalue weighted by atomic mass is 19.4. The minimum absolute atomic E-state index is 0.0879. The maximum Gasteiger partial charge on any atom is 0.408 e. The number of rotatable bonds is 5. The number of hydrogen-bond acceptors (Lipinski definition) is 4. The van der Waals surface area contributed by atoms with E-state index in [9.17, 15) is 22.8 Å². The molecular weight excluding hydrogens is 387 g/mol. The molecular formula is C20H22F3N3O3. The summed E-state index contributed by atoms with van der Waals surface area (Å²) >= 11 is 0. The molecule has 0 radical (unpaired) electrons. The molecule has 1 aromatic heterocycles. The van der Waals surface area contributed by atoms with Crippen molar-refractivity contribution in [3.63, 3.8) is 0 Å². The summed E-state index contributed by atoms with van der Waals surface area (Å²) in [5.74, 6) is -1.23. The molecule has 0 N–H and O–H groups in total. The monoisotopic (exact) mass is 409 g/mol. The Bertz CT molecular complexity index is 865. The highest BCUT2D eigenvalue weighted by Gasteiger charge is 2.34. The number of carbonyl (C=O) groups is 2. The van der Waals surface area contributed by atoms with E-state index in [2.05, 4.69) is 5.10 Å². The molecule has 0 spiro atoms. The second-order valence-corrected chi connectivity index (χ2v) is 6.89. The summed E-state index contributed by atoms with van der Waals surface area (Å²) in [6.07, 6.45) is -2.07. The van der Waals surface area contributed by atoms with Crippen LogP contribution in [0.4, 0.5) is 13.2 Å². The van der Waals surface area contributed by atoms with Gasteiger partial charge in [-0.15, -0.1) is 0 Å². The molecule has 1 aromatic carbocycles. The molecule has 0 saturated carbocycles. The van der Waals surface area contributed by atoms with Crippen LogP contribution in [0, 0.1) is 5.92 Å². The zero-order valence-corrected chi connectivity index (χ0v) is 16.0. The Kier molecular flexibility index (Phi) is 6.24. The van der Waals surface area contributed by atoms with Crippen LogP contribution in [-0.4, -0.2) is 52.4 Å². The highest BCUT2D eigenvalue weighted by molar-refractivity contribution is 6.00. The van der Waals surface area contributed by atoms with Crippen molar-refractivity contribution in [3.05, 3.63) is 42.1 Å². The van der Waals surface area contributed by atoms with Gasteiger partial charge in [0.2, 0.25) is 0 Å². The number of nitrogens with zero attached hydrogens (tertiary/aromatic N) is 3. The fourth-order valence-corrected chi connectivity index (χ4v) is 3.52. The zero-order valence-electron chi connectivity index (χ0n) is 16.0. The third kappa shape index (κ3) is 4.96. The Hall–Kier alpha value is -2.84. The molecule has 0 bridgehead atoms. The van der Waals surface area contributed by atoms with Crippen molar-refractivity contribution in [2.45, 2.75) is 32.5 Å². The first-order chi connectivity index (χ1) is 13.8. The van der Waals surface area contributed by atoms with Crippen molar-refractivity contribution in [2.24, 2.45) is 5.92 Å². The lowest BCUT2D eigenvalue weighted by molar-refractivity contribution is -0.149. The van der Waals surface area contributed by atoms with Crippen molar-refractivity contribution in [1.82, 2.24) is 14.7 Å². The second-order valence-electron chi connectivity index (χ2n) is 6.89. The maximum absolute atomic E-state index is 13.1. The first-order valence-corrected chi connectivity index (χ1v) is 9.44. The predicted octanol–water partition coefficient (Wildman–Crippen LogP) is 3.53. The molecule has 9 heteroatoms. The minimum Gasteiger partial charge on any atom is -0.466 e. The third-order valence-electron chi connectivity index (χ3n) is 4.77. The molecule has 1 aliphatic rings. The zero-order chi connectivity index (χ0) is 21.0. The van der Waals surface area contributed by atoms with Crippen molar-refractivity contribution in [3.8, 4) is 11.3 Å². The molecule has 156 valence electrons. The second kappa shape index (κ2) is 8.67. The number of alkyl halides is 3. The van der Waals surface area contributed by atoms with Crippen LogP contribution in [0.2, 0.25) is 0 Å². The molecule has 1 aliphatic heterocycles. The summed E-state index contributed by atoms with van der Waals surface area (Å²) in [4.78, 5) is 26.7. The van der Waals surface area contributed by atoms with Crippen molar-refractivity contribution >= 4 is 11.9 Å². The Balaban J connectivity index is 1.91. The lowest BCUT2D eigenvalue weighted by atomic mass is 9.97. The fourth-order valence-electron chi connectivity index (χ4n) is 3.52. The summed E-state index contributed by atoms with van der Waals surface area (Å²) in [7, 11) is 0. The number of hydrogen-bond donors (Lipinski definition) is 0. The van der Waals surface area contributed by atoms with Gasteiger partial charge in [-0.3, -0.25) is 14.3 Å². The van der Waals surface area contributed by atoms with Crippen LogP contribution in [0.1, 0.15) is 30.1 Å². The average Bonchev–Trinajstić information content (AvgIpc) is 3.10. The molecule has 6 nitrogen and oxygen atoms in total. The molecule has 1 fully saturated rings. The van der Waals surface area contributed by atoms with E-state index < -0.39 is 24.5 Å². The summed E-state index contributed by atoms with van der Waals surface area (Å²) in [5, 5.41) is 3.83. The molecule has 1 saturated heterocycles. The molecule has 1 amide bonds. The number of ether oxygens (including phenoxy) is 1. The molecule has 1 unspecified atom stereocenters. The van der Waals surface area contributed by atoms with Crippen molar-refractivity contribution in [1.29, 1.82) is 0 Å². The smallest absolute Gasteiger partial charge is 0.408 e. The van der Waals surface area contributed by atoms with Gasteiger partial charge >= 0.3 is 12.1 Å². The van der Waals surface area contributed by atoms with E-state index in [1.165, 1.54) is 11.1 Å². The summed E-state index contributed by atoms with van der Waals surface area (Å²) in [6.45, 7) is 1.27. The van der Waals surface area contributed by atoms with E-state index in [0.717, 1.165) is 4.68 Å². The SMILES string of the molecule is CCOC(=O)C1CCCN(C(=O)c2cnn(CC(F)(F)F)c2-c2ccccc2)C1. The van der Waals surface area contributed by atoms with Crippen molar-refractivity contribution < 1.29 is 27.5 Å². The molecule has 29 heavy (non-hydrogen) atoms. The third-order valence-corrected chi connectivity index (χ3v) is 4.77. The van der Waals surface area contributed by atoms with Crippen LogP contribution < -0.4 is 0 Å². The van der Waals surface area contributed by atoms with Gasteiger partial charge in [0.25, 0.3) is 5.91 Å². The first kappa shape index (κ1) is 20.9. The number of carbonyl (C=O) groups excluding carboxylic acids is 2. The van der Waals surface area contributed by atoms with Gasteiger partial charge in [-0.05, 0) is 19.8 Å². The lowest BCUT2D eigenvalue weighted by Gasteiger charge is -2.31. The number of aromatic nitrogens is 2. The van der Waals surface area contributed by atoms with E-state index in [1.807, 2.05) is 0 Å². The molecule has 3 rings (SSSR count). The Morgan fingerprint density at radius 3 is 2.62 bits per heavy atom. The van der Waals surface area contributed by atoms with Crippen LogP contribution >= 0.6 is 0 Å². The van der Waals surface area contributed by atoms with Gasteiger partial charge in [0.15, 0.2) is 0 Å². The van der Waals surface area contributed by atoms with Gasteiger partial charge in [-0.1, -0.05) is 30.3 Å². The van der Waals surface area contributed by atoms with Crippen LogP contribution in [-0.2, 0) is 16.1 Å². The topological polar surface area (TPSA) is 64.4 Å². The normalized spacial score (nSPS) is 17.2. The Morgan fingerprint density at radius 2 is 1.97 bits per heavy atom. The number of amides is 1. The summed E-state index contributed by atoms with van der Waals surface area (Å²) in [5.41, 5.74) is 0.674. The van der Waals surface area contributed by atoms with Gasteiger partial charge in [-0.2, -0.15) is 18.3 Å². The Morgan fingerprint density at radius 1 is 1.24 bits per heavy atom. The largest absolute Gasteiger partial charge is 0.466 e. The predicted molar refractivity (Wildman–Crippen MR) is 99.0 cm³/mol. The Labute approximate surface area is 166 Å². The molecule has 2 aromatic rings. The lowest BCUT2D eigenvalue weighted by Crippen LogP contribution is -2.43. The average molecular weight is 409 g/mol. The van der Waals surface area contributed by atoms with Gasteiger partial charge in [0.1, 0.15) is 6.54 Å². The maximum atomic E-state index is 13.1. The number of esters is 1. The van der Waals surface area contributed by atoms with E-state index in [1.54, 1.807) is 37.3 Å². The van der Waals surface area contributed by atoms with Crippen molar-refractivity contribution in [2.75, 3.05) is 19.7 Å². The highest BCUT2D eigenvalue weighted by Crippen LogP contribution is 2.29.